The molecule has 3 nitrogen and oxygen atoms in total. The zero-order valence-electron chi connectivity index (χ0n) is 11.1. The average molecular weight is 264 g/mol. The molecule has 2 aromatic carbocycles. The molecule has 1 saturated carbocycles. The van der Waals surface area contributed by atoms with Crippen LogP contribution in [0.25, 0.3) is 0 Å². The van der Waals surface area contributed by atoms with E-state index in [2.05, 4.69) is 17.4 Å². The second-order valence-electron chi connectivity index (χ2n) is 5.45. The van der Waals surface area contributed by atoms with Gasteiger partial charge < -0.3 is 10.2 Å². The summed E-state index contributed by atoms with van der Waals surface area (Å²) in [5.74, 6) is 0.149. The Morgan fingerprint density at radius 2 is 1.65 bits per heavy atom. The molecule has 4 rings (SSSR count). The van der Waals surface area contributed by atoms with Gasteiger partial charge in [-0.1, -0.05) is 42.5 Å². The molecule has 1 N–H and O–H groups in total. The molecular weight excluding hydrogens is 248 g/mol. The van der Waals surface area contributed by atoms with Crippen LogP contribution in [0.4, 0.5) is 5.69 Å². The molecule has 1 atom stereocenters. The molecule has 1 aliphatic carbocycles. The SMILES string of the molecule is O=C1c2ccccc2N[C@@H](c2ccccc2)N1C1CC1. The average Bonchev–Trinajstić information content (AvgIpc) is 3.33. The Bertz CT molecular complexity index is 649. The minimum absolute atomic E-state index is 0.0499. The predicted molar refractivity (Wildman–Crippen MR) is 78.4 cm³/mol. The predicted octanol–water partition coefficient (Wildman–Crippen LogP) is 3.42. The van der Waals surface area contributed by atoms with E-state index in [9.17, 15) is 4.79 Å². The van der Waals surface area contributed by atoms with E-state index in [1.54, 1.807) is 0 Å². The molecule has 0 aromatic heterocycles. The van der Waals surface area contributed by atoms with E-state index in [-0.39, 0.29) is 12.1 Å². The summed E-state index contributed by atoms with van der Waals surface area (Å²) in [6.45, 7) is 0. The number of hydrogen-bond acceptors (Lipinski definition) is 2. The molecular formula is C17H16N2O. The fourth-order valence-electron chi connectivity index (χ4n) is 2.88. The molecule has 0 bridgehead atoms. The topological polar surface area (TPSA) is 32.3 Å². The first kappa shape index (κ1) is 11.5. The van der Waals surface area contributed by atoms with Gasteiger partial charge >= 0.3 is 0 Å². The summed E-state index contributed by atoms with van der Waals surface area (Å²) < 4.78 is 0. The van der Waals surface area contributed by atoms with E-state index in [4.69, 9.17) is 0 Å². The van der Waals surface area contributed by atoms with Crippen LogP contribution in [0.1, 0.15) is 34.9 Å². The lowest BCUT2D eigenvalue weighted by Gasteiger charge is -2.38. The Kier molecular flexibility index (Phi) is 2.52. The highest BCUT2D eigenvalue weighted by atomic mass is 16.2. The fourth-order valence-corrected chi connectivity index (χ4v) is 2.88. The highest BCUT2D eigenvalue weighted by molar-refractivity contribution is 6.02. The van der Waals surface area contributed by atoms with Gasteiger partial charge in [0.05, 0.1) is 5.56 Å². The molecule has 0 radical (unpaired) electrons. The lowest BCUT2D eigenvalue weighted by molar-refractivity contribution is 0.0666. The van der Waals surface area contributed by atoms with Gasteiger partial charge in [0, 0.05) is 11.7 Å². The maximum Gasteiger partial charge on any atom is 0.258 e. The molecule has 0 saturated heterocycles. The van der Waals surface area contributed by atoms with Crippen LogP contribution in [0.2, 0.25) is 0 Å². The van der Waals surface area contributed by atoms with E-state index >= 15 is 0 Å². The fraction of sp³-hybridized carbons (Fsp3) is 0.235. The van der Waals surface area contributed by atoms with Gasteiger partial charge in [-0.15, -0.1) is 0 Å². The third-order valence-corrected chi connectivity index (χ3v) is 4.02. The largest absolute Gasteiger partial charge is 0.361 e. The Balaban J connectivity index is 1.80. The van der Waals surface area contributed by atoms with Gasteiger partial charge in [0.1, 0.15) is 6.17 Å². The smallest absolute Gasteiger partial charge is 0.258 e. The highest BCUT2D eigenvalue weighted by Gasteiger charge is 2.41. The molecule has 100 valence electrons. The number of nitrogens with zero attached hydrogens (tertiary/aromatic N) is 1. The van der Waals surface area contributed by atoms with Crippen LogP contribution in [0.5, 0.6) is 0 Å². The van der Waals surface area contributed by atoms with Crippen molar-refractivity contribution in [2.45, 2.75) is 25.0 Å². The second-order valence-corrected chi connectivity index (χ2v) is 5.45. The van der Waals surface area contributed by atoms with Crippen LogP contribution in [0.15, 0.2) is 54.6 Å². The maximum atomic E-state index is 12.8. The number of para-hydroxylation sites is 1. The maximum absolute atomic E-state index is 12.8. The molecule has 1 fully saturated rings. The van der Waals surface area contributed by atoms with Crippen molar-refractivity contribution in [3.05, 3.63) is 65.7 Å². The van der Waals surface area contributed by atoms with Crippen molar-refractivity contribution in [2.24, 2.45) is 0 Å². The van der Waals surface area contributed by atoms with E-state index in [0.29, 0.717) is 6.04 Å². The highest BCUT2D eigenvalue weighted by Crippen LogP contribution is 2.40. The van der Waals surface area contributed by atoms with E-state index in [1.165, 1.54) is 0 Å². The Labute approximate surface area is 118 Å². The van der Waals surface area contributed by atoms with Crippen LogP contribution < -0.4 is 5.32 Å². The Morgan fingerprint density at radius 3 is 2.40 bits per heavy atom. The number of amides is 1. The van der Waals surface area contributed by atoms with Crippen molar-refractivity contribution >= 4 is 11.6 Å². The Morgan fingerprint density at radius 1 is 0.950 bits per heavy atom. The summed E-state index contributed by atoms with van der Waals surface area (Å²) in [5, 5.41) is 3.52. The van der Waals surface area contributed by atoms with Crippen molar-refractivity contribution in [2.75, 3.05) is 5.32 Å². The molecule has 0 unspecified atom stereocenters. The lowest BCUT2D eigenvalue weighted by atomic mass is 10.0. The third kappa shape index (κ3) is 1.78. The molecule has 1 heterocycles. The van der Waals surface area contributed by atoms with Crippen LogP contribution in [0, 0.1) is 0 Å². The van der Waals surface area contributed by atoms with Crippen molar-refractivity contribution in [1.29, 1.82) is 0 Å². The number of anilines is 1. The van der Waals surface area contributed by atoms with Gasteiger partial charge in [0.15, 0.2) is 0 Å². The first-order valence-corrected chi connectivity index (χ1v) is 7.08. The number of benzene rings is 2. The molecule has 1 aliphatic heterocycles. The molecule has 20 heavy (non-hydrogen) atoms. The standard InChI is InChI=1S/C17H16N2O/c20-17-14-8-4-5-9-15(14)18-16(19(17)13-10-11-13)12-6-2-1-3-7-12/h1-9,13,16,18H,10-11H2/t16-/m1/s1. The van der Waals surface area contributed by atoms with Gasteiger partial charge in [0.2, 0.25) is 0 Å². The number of fused-ring (bicyclic) bond motifs is 1. The first-order valence-electron chi connectivity index (χ1n) is 7.08. The van der Waals surface area contributed by atoms with Crippen molar-refractivity contribution in [3.63, 3.8) is 0 Å². The third-order valence-electron chi connectivity index (χ3n) is 4.02. The van der Waals surface area contributed by atoms with E-state index in [1.807, 2.05) is 47.4 Å². The lowest BCUT2D eigenvalue weighted by Crippen LogP contribution is -2.44. The summed E-state index contributed by atoms with van der Waals surface area (Å²) in [4.78, 5) is 14.8. The molecule has 0 spiro atoms. The molecule has 2 aromatic rings. The quantitative estimate of drug-likeness (QED) is 0.901. The normalized spacial score (nSPS) is 21.3. The molecule has 2 aliphatic rings. The number of hydrogen-bond donors (Lipinski definition) is 1. The second kappa shape index (κ2) is 4.37. The minimum Gasteiger partial charge on any atom is -0.361 e. The summed E-state index contributed by atoms with van der Waals surface area (Å²) in [5.41, 5.74) is 2.86. The number of carbonyl (C=O) groups is 1. The van der Waals surface area contributed by atoms with Crippen molar-refractivity contribution in [3.8, 4) is 0 Å². The van der Waals surface area contributed by atoms with Gasteiger partial charge in [-0.05, 0) is 30.5 Å². The number of rotatable bonds is 2. The van der Waals surface area contributed by atoms with Crippen LogP contribution in [-0.2, 0) is 0 Å². The zero-order valence-corrected chi connectivity index (χ0v) is 11.1. The molecule has 3 heteroatoms. The van der Waals surface area contributed by atoms with Gasteiger partial charge in [0.25, 0.3) is 5.91 Å². The zero-order chi connectivity index (χ0) is 13.5. The summed E-state index contributed by atoms with van der Waals surface area (Å²) in [6.07, 6.45) is 2.17. The summed E-state index contributed by atoms with van der Waals surface area (Å²) in [7, 11) is 0. The van der Waals surface area contributed by atoms with E-state index < -0.39 is 0 Å². The van der Waals surface area contributed by atoms with Gasteiger partial charge in [-0.3, -0.25) is 4.79 Å². The minimum atomic E-state index is -0.0499. The summed E-state index contributed by atoms with van der Waals surface area (Å²) in [6, 6.07) is 18.4. The van der Waals surface area contributed by atoms with Gasteiger partial charge in [-0.25, -0.2) is 0 Å². The van der Waals surface area contributed by atoms with E-state index in [0.717, 1.165) is 29.7 Å². The summed E-state index contributed by atoms with van der Waals surface area (Å²) >= 11 is 0. The van der Waals surface area contributed by atoms with Crippen LogP contribution >= 0.6 is 0 Å². The van der Waals surface area contributed by atoms with Crippen molar-refractivity contribution < 1.29 is 4.79 Å². The van der Waals surface area contributed by atoms with Crippen molar-refractivity contribution in [1.82, 2.24) is 4.90 Å². The monoisotopic (exact) mass is 264 g/mol. The van der Waals surface area contributed by atoms with Gasteiger partial charge in [-0.2, -0.15) is 0 Å². The number of carbonyl (C=O) groups excluding carboxylic acids is 1. The first-order chi connectivity index (χ1) is 9.84. The number of nitrogens with one attached hydrogen (secondary N) is 1. The Hall–Kier alpha value is -2.29. The molecule has 1 amide bonds. The van der Waals surface area contributed by atoms with Crippen LogP contribution in [0.3, 0.4) is 0 Å². The van der Waals surface area contributed by atoms with Crippen LogP contribution in [-0.4, -0.2) is 16.8 Å².